The number of amides is 2. The van der Waals surface area contributed by atoms with Gasteiger partial charge in [-0.25, -0.2) is 4.79 Å². The summed E-state index contributed by atoms with van der Waals surface area (Å²) in [5.41, 5.74) is -2.02. The van der Waals surface area contributed by atoms with E-state index < -0.39 is 30.8 Å². The molecule has 0 bridgehead atoms. The number of nitrogens with zero attached hydrogens (tertiary/aromatic N) is 1. The highest BCUT2D eigenvalue weighted by atomic mass is 19.4. The van der Waals surface area contributed by atoms with E-state index in [1.54, 1.807) is 31.2 Å². The van der Waals surface area contributed by atoms with Crippen LogP contribution < -0.4 is 10.1 Å². The number of aliphatic hydroxyl groups is 1. The quantitative estimate of drug-likeness (QED) is 0.881. The SMILES string of the molecule is CCOc1ccc([C@@H](C)NC(=O)N2CC[C@@](O)(C(F)(F)F)C2)cc1. The zero-order chi connectivity index (χ0) is 18.0. The van der Waals surface area contributed by atoms with Gasteiger partial charge in [-0.2, -0.15) is 13.2 Å². The molecule has 2 atom stereocenters. The summed E-state index contributed by atoms with van der Waals surface area (Å²) in [5, 5.41) is 12.3. The second-order valence-electron chi connectivity index (χ2n) is 5.87. The van der Waals surface area contributed by atoms with Gasteiger partial charge in [-0.1, -0.05) is 12.1 Å². The van der Waals surface area contributed by atoms with Gasteiger partial charge in [0, 0.05) is 13.0 Å². The molecule has 2 rings (SSSR count). The Morgan fingerprint density at radius 1 is 1.42 bits per heavy atom. The van der Waals surface area contributed by atoms with Crippen molar-refractivity contribution in [3.63, 3.8) is 0 Å². The van der Waals surface area contributed by atoms with Crippen LogP contribution in [0.4, 0.5) is 18.0 Å². The number of rotatable bonds is 4. The van der Waals surface area contributed by atoms with Crippen LogP contribution in [0.15, 0.2) is 24.3 Å². The smallest absolute Gasteiger partial charge is 0.419 e. The maximum atomic E-state index is 12.8. The molecule has 8 heteroatoms. The molecule has 2 N–H and O–H groups in total. The van der Waals surface area contributed by atoms with Gasteiger partial charge in [0.15, 0.2) is 5.60 Å². The largest absolute Gasteiger partial charge is 0.494 e. The predicted molar refractivity (Wildman–Crippen MR) is 81.8 cm³/mol. The van der Waals surface area contributed by atoms with Crippen molar-refractivity contribution in [3.8, 4) is 5.75 Å². The highest BCUT2D eigenvalue weighted by Gasteiger charge is 2.57. The van der Waals surface area contributed by atoms with Gasteiger partial charge in [-0.3, -0.25) is 0 Å². The number of hydrogen-bond acceptors (Lipinski definition) is 3. The molecule has 0 saturated carbocycles. The van der Waals surface area contributed by atoms with E-state index in [0.29, 0.717) is 12.4 Å². The number of β-amino-alcohol motifs (C(OH)–C–C–N with tert-alkyl or cyclic N) is 1. The van der Waals surface area contributed by atoms with Crippen molar-refractivity contribution in [1.82, 2.24) is 10.2 Å². The minimum atomic E-state index is -4.75. The molecule has 1 saturated heterocycles. The van der Waals surface area contributed by atoms with E-state index in [-0.39, 0.29) is 12.6 Å². The number of likely N-dealkylation sites (tertiary alicyclic amines) is 1. The first-order valence-electron chi connectivity index (χ1n) is 7.73. The lowest BCUT2D eigenvalue weighted by Crippen LogP contribution is -2.49. The van der Waals surface area contributed by atoms with E-state index >= 15 is 0 Å². The Labute approximate surface area is 138 Å². The number of benzene rings is 1. The monoisotopic (exact) mass is 346 g/mol. The van der Waals surface area contributed by atoms with Crippen LogP contribution in [0.1, 0.15) is 31.9 Å². The molecule has 1 fully saturated rings. The summed E-state index contributed by atoms with van der Waals surface area (Å²) in [6.07, 6.45) is -5.26. The maximum absolute atomic E-state index is 12.8. The average molecular weight is 346 g/mol. The molecular weight excluding hydrogens is 325 g/mol. The Morgan fingerprint density at radius 2 is 2.04 bits per heavy atom. The third-order valence-corrected chi connectivity index (χ3v) is 4.09. The number of alkyl halides is 3. The maximum Gasteiger partial charge on any atom is 0.419 e. The molecule has 0 aliphatic carbocycles. The first-order chi connectivity index (χ1) is 11.2. The zero-order valence-corrected chi connectivity index (χ0v) is 13.6. The van der Waals surface area contributed by atoms with Crippen molar-refractivity contribution in [2.24, 2.45) is 0 Å². The lowest BCUT2D eigenvalue weighted by molar-refractivity contribution is -0.253. The number of nitrogens with one attached hydrogen (secondary N) is 1. The summed E-state index contributed by atoms with van der Waals surface area (Å²) in [4.78, 5) is 13.1. The summed E-state index contributed by atoms with van der Waals surface area (Å²) in [5.74, 6) is 0.703. The Kier molecular flexibility index (Phi) is 5.27. The van der Waals surface area contributed by atoms with Crippen molar-refractivity contribution >= 4 is 6.03 Å². The number of halogens is 3. The molecule has 1 aromatic rings. The van der Waals surface area contributed by atoms with Gasteiger partial charge >= 0.3 is 12.2 Å². The third kappa shape index (κ3) is 3.92. The van der Waals surface area contributed by atoms with Crippen LogP contribution in [0.25, 0.3) is 0 Å². The third-order valence-electron chi connectivity index (χ3n) is 4.09. The van der Waals surface area contributed by atoms with Crippen LogP contribution >= 0.6 is 0 Å². The zero-order valence-electron chi connectivity index (χ0n) is 13.6. The number of ether oxygens (including phenoxy) is 1. The van der Waals surface area contributed by atoms with E-state index in [0.717, 1.165) is 10.5 Å². The molecule has 1 heterocycles. The highest BCUT2D eigenvalue weighted by molar-refractivity contribution is 5.75. The van der Waals surface area contributed by atoms with E-state index in [9.17, 15) is 23.1 Å². The van der Waals surface area contributed by atoms with E-state index in [4.69, 9.17) is 4.74 Å². The Bertz CT molecular complexity index is 577. The fraction of sp³-hybridized carbons (Fsp3) is 0.562. The average Bonchev–Trinajstić information content (AvgIpc) is 2.92. The summed E-state index contributed by atoms with van der Waals surface area (Å²) < 4.78 is 43.7. The van der Waals surface area contributed by atoms with Gasteiger partial charge in [0.05, 0.1) is 19.2 Å². The number of carbonyl (C=O) groups is 1. The van der Waals surface area contributed by atoms with Gasteiger partial charge in [0.2, 0.25) is 0 Å². The van der Waals surface area contributed by atoms with Crippen molar-refractivity contribution in [2.75, 3.05) is 19.7 Å². The molecule has 5 nitrogen and oxygen atoms in total. The van der Waals surface area contributed by atoms with Crippen molar-refractivity contribution in [3.05, 3.63) is 29.8 Å². The van der Waals surface area contributed by atoms with Crippen LogP contribution in [-0.2, 0) is 0 Å². The molecule has 1 aliphatic heterocycles. The predicted octanol–water partition coefficient (Wildman–Crippen LogP) is 2.86. The molecule has 0 unspecified atom stereocenters. The van der Waals surface area contributed by atoms with E-state index in [1.165, 1.54) is 0 Å². The van der Waals surface area contributed by atoms with E-state index in [2.05, 4.69) is 5.32 Å². The Balaban J connectivity index is 1.95. The normalized spacial score (nSPS) is 22.3. The fourth-order valence-corrected chi connectivity index (χ4v) is 2.58. The lowest BCUT2D eigenvalue weighted by Gasteiger charge is -2.26. The standard InChI is InChI=1S/C16H21F3N2O3/c1-3-24-13-6-4-12(5-7-13)11(2)20-14(22)21-9-8-15(23,10-21)16(17,18)19/h4-7,11,23H,3,8-10H2,1-2H3,(H,20,22)/t11-,15+/m1/s1. The van der Waals surface area contributed by atoms with Gasteiger partial charge in [-0.15, -0.1) is 0 Å². The molecule has 2 amide bonds. The minimum Gasteiger partial charge on any atom is -0.494 e. The fourth-order valence-electron chi connectivity index (χ4n) is 2.58. The summed E-state index contributed by atoms with van der Waals surface area (Å²) >= 11 is 0. The molecule has 24 heavy (non-hydrogen) atoms. The molecule has 1 aromatic carbocycles. The highest BCUT2D eigenvalue weighted by Crippen LogP contribution is 2.37. The Hall–Kier alpha value is -1.96. The van der Waals surface area contributed by atoms with Crippen LogP contribution in [-0.4, -0.2) is 47.5 Å². The summed E-state index contributed by atoms with van der Waals surface area (Å²) in [6.45, 7) is 3.26. The minimum absolute atomic E-state index is 0.141. The van der Waals surface area contributed by atoms with Crippen LogP contribution in [0.5, 0.6) is 5.75 Å². The number of hydrogen-bond donors (Lipinski definition) is 2. The molecule has 0 radical (unpaired) electrons. The first-order valence-corrected chi connectivity index (χ1v) is 7.73. The second kappa shape index (κ2) is 6.88. The van der Waals surface area contributed by atoms with Gasteiger partial charge in [-0.05, 0) is 31.5 Å². The van der Waals surface area contributed by atoms with Crippen molar-refractivity contribution < 1.29 is 27.8 Å². The van der Waals surface area contributed by atoms with Gasteiger partial charge < -0.3 is 20.1 Å². The molecule has 1 aliphatic rings. The summed E-state index contributed by atoms with van der Waals surface area (Å²) in [7, 11) is 0. The molecular formula is C16H21F3N2O3. The molecule has 134 valence electrons. The van der Waals surface area contributed by atoms with Gasteiger partial charge in [0.25, 0.3) is 0 Å². The summed E-state index contributed by atoms with van der Waals surface area (Å²) in [6, 6.07) is 6.08. The van der Waals surface area contributed by atoms with Crippen molar-refractivity contribution in [1.29, 1.82) is 0 Å². The first kappa shape index (κ1) is 18.4. The molecule has 0 spiro atoms. The number of carbonyl (C=O) groups excluding carboxylic acids is 1. The van der Waals surface area contributed by atoms with Crippen LogP contribution in [0.3, 0.4) is 0 Å². The number of urea groups is 1. The van der Waals surface area contributed by atoms with Gasteiger partial charge in [0.1, 0.15) is 5.75 Å². The van der Waals surface area contributed by atoms with Crippen LogP contribution in [0.2, 0.25) is 0 Å². The van der Waals surface area contributed by atoms with Crippen LogP contribution in [0, 0.1) is 0 Å². The topological polar surface area (TPSA) is 61.8 Å². The van der Waals surface area contributed by atoms with Crippen molar-refractivity contribution in [2.45, 2.75) is 38.1 Å². The second-order valence-corrected chi connectivity index (χ2v) is 5.87. The molecule has 0 aromatic heterocycles. The van der Waals surface area contributed by atoms with E-state index in [1.807, 2.05) is 6.92 Å². The lowest BCUT2D eigenvalue weighted by atomic mass is 10.0. The Morgan fingerprint density at radius 3 is 2.54 bits per heavy atom.